The Morgan fingerprint density at radius 3 is 2.50 bits per heavy atom. The minimum Gasteiger partial charge on any atom is -0.497 e. The molecule has 2 rings (SSSR count). The van der Waals surface area contributed by atoms with Crippen LogP contribution in [0.4, 0.5) is 13.2 Å². The van der Waals surface area contributed by atoms with E-state index < -0.39 is 24.5 Å². The van der Waals surface area contributed by atoms with Crippen molar-refractivity contribution in [2.75, 3.05) is 33.4 Å². The van der Waals surface area contributed by atoms with Crippen LogP contribution in [0.15, 0.2) is 24.3 Å². The molecule has 1 fully saturated rings. The average Bonchev–Trinajstić information content (AvgIpc) is 2.64. The standard InChI is InChI=1S/C17H21F3N2O4/c1-25-13-3-2-4-14(9-13)26-10-15(23)22-7-5-12(6-8-22)16(24)21-11-17(18,19)20/h2-4,9,12H,5-8,10-11H2,1H3,(H,21,24). The molecular weight excluding hydrogens is 353 g/mol. The predicted molar refractivity (Wildman–Crippen MR) is 86.9 cm³/mol. The van der Waals surface area contributed by atoms with Gasteiger partial charge in [-0.05, 0) is 25.0 Å². The summed E-state index contributed by atoms with van der Waals surface area (Å²) in [6.45, 7) is -0.869. The van der Waals surface area contributed by atoms with Crippen LogP contribution in [0.25, 0.3) is 0 Å². The molecule has 9 heteroatoms. The van der Waals surface area contributed by atoms with Gasteiger partial charge in [0, 0.05) is 25.1 Å². The molecule has 0 spiro atoms. The van der Waals surface area contributed by atoms with Crippen molar-refractivity contribution >= 4 is 11.8 Å². The SMILES string of the molecule is COc1cccc(OCC(=O)N2CCC(C(=O)NCC(F)(F)F)CC2)c1. The lowest BCUT2D eigenvalue weighted by atomic mass is 9.96. The van der Waals surface area contributed by atoms with Crippen LogP contribution >= 0.6 is 0 Å². The number of alkyl halides is 3. The summed E-state index contributed by atoms with van der Waals surface area (Å²) in [7, 11) is 1.53. The molecule has 0 unspecified atom stereocenters. The van der Waals surface area contributed by atoms with Crippen molar-refractivity contribution in [2.24, 2.45) is 5.92 Å². The van der Waals surface area contributed by atoms with E-state index in [0.717, 1.165) is 0 Å². The Hall–Kier alpha value is -2.45. The number of carbonyl (C=O) groups excluding carboxylic acids is 2. The summed E-state index contributed by atoms with van der Waals surface area (Å²) in [6, 6.07) is 6.85. The minimum atomic E-state index is -4.43. The number of benzene rings is 1. The molecule has 0 radical (unpaired) electrons. The molecule has 1 aromatic rings. The Kier molecular flexibility index (Phi) is 6.70. The number of nitrogens with one attached hydrogen (secondary N) is 1. The number of rotatable bonds is 6. The number of carbonyl (C=O) groups is 2. The second-order valence-corrected chi connectivity index (χ2v) is 5.96. The number of likely N-dealkylation sites (tertiary alicyclic amines) is 1. The first-order chi connectivity index (χ1) is 12.3. The van der Waals surface area contributed by atoms with E-state index in [0.29, 0.717) is 37.4 Å². The second-order valence-electron chi connectivity index (χ2n) is 5.96. The van der Waals surface area contributed by atoms with Crippen molar-refractivity contribution in [1.82, 2.24) is 10.2 Å². The van der Waals surface area contributed by atoms with Crippen LogP contribution in [0.1, 0.15) is 12.8 Å². The molecule has 144 valence electrons. The topological polar surface area (TPSA) is 67.9 Å². The smallest absolute Gasteiger partial charge is 0.405 e. The zero-order valence-electron chi connectivity index (χ0n) is 14.3. The Bertz CT molecular complexity index is 629. The van der Waals surface area contributed by atoms with Crippen molar-refractivity contribution in [3.63, 3.8) is 0 Å². The summed E-state index contributed by atoms with van der Waals surface area (Å²) in [5.41, 5.74) is 0. The van der Waals surface area contributed by atoms with Gasteiger partial charge in [-0.2, -0.15) is 13.2 Å². The highest BCUT2D eigenvalue weighted by atomic mass is 19.4. The van der Waals surface area contributed by atoms with E-state index in [-0.39, 0.29) is 12.5 Å². The van der Waals surface area contributed by atoms with E-state index in [1.54, 1.807) is 29.2 Å². The third-order valence-corrected chi connectivity index (χ3v) is 4.09. The molecule has 0 saturated carbocycles. The Labute approximate surface area is 149 Å². The van der Waals surface area contributed by atoms with Gasteiger partial charge in [0.05, 0.1) is 7.11 Å². The first-order valence-electron chi connectivity index (χ1n) is 8.17. The molecule has 1 N–H and O–H groups in total. The number of amides is 2. The van der Waals surface area contributed by atoms with E-state index in [4.69, 9.17) is 9.47 Å². The molecule has 1 aliphatic heterocycles. The first-order valence-corrected chi connectivity index (χ1v) is 8.17. The van der Waals surface area contributed by atoms with Crippen LogP contribution in [0.5, 0.6) is 11.5 Å². The van der Waals surface area contributed by atoms with Gasteiger partial charge in [-0.1, -0.05) is 6.07 Å². The lowest BCUT2D eigenvalue weighted by molar-refractivity contribution is -0.143. The summed E-state index contributed by atoms with van der Waals surface area (Å²) in [6.07, 6.45) is -3.77. The van der Waals surface area contributed by atoms with Gasteiger partial charge in [0.1, 0.15) is 18.0 Å². The molecule has 26 heavy (non-hydrogen) atoms. The second kappa shape index (κ2) is 8.77. The molecule has 6 nitrogen and oxygen atoms in total. The van der Waals surface area contributed by atoms with Gasteiger partial charge in [0.2, 0.25) is 5.91 Å². The molecular formula is C17H21F3N2O4. The minimum absolute atomic E-state index is 0.155. The Balaban J connectivity index is 1.74. The van der Waals surface area contributed by atoms with E-state index >= 15 is 0 Å². The summed E-state index contributed by atoms with van der Waals surface area (Å²) < 4.78 is 46.9. The third kappa shape index (κ3) is 6.12. The summed E-state index contributed by atoms with van der Waals surface area (Å²) in [5.74, 6) is -0.260. The number of nitrogens with zero attached hydrogens (tertiary/aromatic N) is 1. The molecule has 0 bridgehead atoms. The monoisotopic (exact) mass is 374 g/mol. The fourth-order valence-corrected chi connectivity index (χ4v) is 2.65. The normalized spacial score (nSPS) is 15.5. The highest BCUT2D eigenvalue weighted by molar-refractivity contribution is 5.80. The van der Waals surface area contributed by atoms with Crippen molar-refractivity contribution in [3.8, 4) is 11.5 Å². The lowest BCUT2D eigenvalue weighted by Gasteiger charge is -2.31. The van der Waals surface area contributed by atoms with Crippen LogP contribution in [-0.2, 0) is 9.59 Å². The number of hydrogen-bond acceptors (Lipinski definition) is 4. The van der Waals surface area contributed by atoms with Crippen LogP contribution in [0, 0.1) is 5.92 Å². The molecule has 0 aliphatic carbocycles. The number of halogens is 3. The van der Waals surface area contributed by atoms with Crippen LogP contribution in [0.3, 0.4) is 0 Å². The summed E-state index contributed by atoms with van der Waals surface area (Å²) in [4.78, 5) is 25.5. The molecule has 1 aliphatic rings. The van der Waals surface area contributed by atoms with Gasteiger partial charge in [0.25, 0.3) is 5.91 Å². The summed E-state index contributed by atoms with van der Waals surface area (Å²) >= 11 is 0. The van der Waals surface area contributed by atoms with E-state index in [1.807, 2.05) is 5.32 Å². The molecule has 1 heterocycles. The van der Waals surface area contributed by atoms with Crippen molar-refractivity contribution in [3.05, 3.63) is 24.3 Å². The van der Waals surface area contributed by atoms with Gasteiger partial charge in [0.15, 0.2) is 6.61 Å². The lowest BCUT2D eigenvalue weighted by Crippen LogP contribution is -2.45. The number of piperidine rings is 1. The quantitative estimate of drug-likeness (QED) is 0.827. The zero-order chi connectivity index (χ0) is 19.2. The van der Waals surface area contributed by atoms with Gasteiger partial charge in [-0.25, -0.2) is 0 Å². The Morgan fingerprint density at radius 2 is 1.88 bits per heavy atom. The number of methoxy groups -OCH3 is 1. The van der Waals surface area contributed by atoms with E-state index in [2.05, 4.69) is 0 Å². The maximum atomic E-state index is 12.2. The fraction of sp³-hybridized carbons (Fsp3) is 0.529. The fourth-order valence-electron chi connectivity index (χ4n) is 2.65. The molecule has 0 atom stereocenters. The van der Waals surface area contributed by atoms with Crippen molar-refractivity contribution in [2.45, 2.75) is 19.0 Å². The predicted octanol–water partition coefficient (Wildman–Crippen LogP) is 1.99. The molecule has 2 amide bonds. The average molecular weight is 374 g/mol. The van der Waals surface area contributed by atoms with Crippen molar-refractivity contribution in [1.29, 1.82) is 0 Å². The van der Waals surface area contributed by atoms with Crippen LogP contribution < -0.4 is 14.8 Å². The highest BCUT2D eigenvalue weighted by Gasteiger charge is 2.31. The third-order valence-electron chi connectivity index (χ3n) is 4.09. The van der Waals surface area contributed by atoms with Gasteiger partial charge < -0.3 is 19.7 Å². The van der Waals surface area contributed by atoms with E-state index in [1.165, 1.54) is 7.11 Å². The van der Waals surface area contributed by atoms with Crippen molar-refractivity contribution < 1.29 is 32.2 Å². The van der Waals surface area contributed by atoms with Crippen LogP contribution in [0.2, 0.25) is 0 Å². The molecule has 1 aromatic carbocycles. The Morgan fingerprint density at radius 1 is 1.23 bits per heavy atom. The number of hydrogen-bond donors (Lipinski definition) is 1. The number of ether oxygens (including phenoxy) is 2. The molecule has 1 saturated heterocycles. The first kappa shape index (κ1) is 19.9. The van der Waals surface area contributed by atoms with E-state index in [9.17, 15) is 22.8 Å². The van der Waals surface area contributed by atoms with Gasteiger partial charge in [-0.3, -0.25) is 9.59 Å². The largest absolute Gasteiger partial charge is 0.497 e. The maximum Gasteiger partial charge on any atom is 0.405 e. The highest BCUT2D eigenvalue weighted by Crippen LogP contribution is 2.21. The maximum absolute atomic E-state index is 12.2. The molecule has 0 aromatic heterocycles. The zero-order valence-corrected chi connectivity index (χ0v) is 14.3. The van der Waals surface area contributed by atoms with Gasteiger partial charge >= 0.3 is 6.18 Å². The summed E-state index contributed by atoms with van der Waals surface area (Å²) in [5, 5.41) is 1.89. The van der Waals surface area contributed by atoms with Crippen LogP contribution in [-0.4, -0.2) is 56.2 Å². The van der Waals surface area contributed by atoms with Gasteiger partial charge in [-0.15, -0.1) is 0 Å².